The molecule has 0 unspecified atom stereocenters. The fraction of sp³-hybridized carbons (Fsp3) is 0.143. The lowest BCUT2D eigenvalue weighted by atomic mass is 10.1. The summed E-state index contributed by atoms with van der Waals surface area (Å²) < 4.78 is 38.9. The number of rotatable bonds is 4. The minimum atomic E-state index is -4.56. The van der Waals surface area contributed by atoms with Crippen LogP contribution < -0.4 is 5.32 Å². The lowest BCUT2D eigenvalue weighted by Gasteiger charge is -2.17. The van der Waals surface area contributed by atoms with Gasteiger partial charge in [0, 0.05) is 28.8 Å². The van der Waals surface area contributed by atoms with Gasteiger partial charge in [0.1, 0.15) is 0 Å². The normalized spacial score (nSPS) is 12.8. The molecular weight excluding hydrogens is 475 g/mol. The maximum atomic E-state index is 12.8. The summed E-state index contributed by atoms with van der Waals surface area (Å²) in [4.78, 5) is 48.4. The highest BCUT2D eigenvalue weighted by atomic mass is 19.4. The number of non-ortho nitro benzene ring substituents is 1. The van der Waals surface area contributed by atoms with Gasteiger partial charge in [0.15, 0.2) is 5.82 Å². The third-order valence-corrected chi connectivity index (χ3v) is 5.28. The van der Waals surface area contributed by atoms with Crippen LogP contribution in [0.5, 0.6) is 0 Å². The van der Waals surface area contributed by atoms with Crippen molar-refractivity contribution in [3.63, 3.8) is 0 Å². The summed E-state index contributed by atoms with van der Waals surface area (Å²) in [5.41, 5.74) is -0.786. The lowest BCUT2D eigenvalue weighted by molar-refractivity contribution is -0.384. The van der Waals surface area contributed by atoms with Crippen molar-refractivity contribution in [2.75, 3.05) is 5.32 Å². The van der Waals surface area contributed by atoms with Gasteiger partial charge in [-0.3, -0.25) is 19.7 Å². The number of carboxylic acid groups (broad SMARTS) is 1. The van der Waals surface area contributed by atoms with E-state index in [0.717, 1.165) is 36.4 Å². The molecule has 0 spiro atoms. The molecule has 11 nitrogen and oxygen atoms in total. The number of amides is 2. The monoisotopic (exact) mass is 489 g/mol. The number of anilines is 1. The molecule has 0 radical (unpaired) electrons. The topological polar surface area (TPSA) is 148 Å². The number of nitrogens with zero attached hydrogens (tertiary/aromatic N) is 4. The van der Waals surface area contributed by atoms with Crippen LogP contribution in [0.3, 0.4) is 0 Å². The Morgan fingerprint density at radius 1 is 1.00 bits per heavy atom. The van der Waals surface area contributed by atoms with E-state index in [1.54, 1.807) is 0 Å². The molecule has 1 aliphatic heterocycles. The Labute approximate surface area is 193 Å². The number of nitrogens with one attached hydrogen (secondary N) is 1. The van der Waals surface area contributed by atoms with Crippen LogP contribution in [-0.2, 0) is 19.3 Å². The van der Waals surface area contributed by atoms with Crippen LogP contribution in [0.2, 0.25) is 0 Å². The standard InChI is InChI=1S/C21H14F3N5O6/c22-21(23,24)13-5-1-12(2-6-13)19(31)27-9-15-16(10-27)28(20(32)33)26-17(15)25-18(30)11-3-7-14(8-4-11)29(34)35/h1-8H,9-10H2,(H,32,33)(H,25,26,30). The Hall–Kier alpha value is -4.75. The highest BCUT2D eigenvalue weighted by Crippen LogP contribution is 2.32. The predicted octanol–water partition coefficient (Wildman–Crippen LogP) is 3.74. The second kappa shape index (κ2) is 8.55. The van der Waals surface area contributed by atoms with E-state index in [0.29, 0.717) is 4.68 Å². The Bertz CT molecular complexity index is 1350. The maximum absolute atomic E-state index is 12.8. The van der Waals surface area contributed by atoms with Gasteiger partial charge in [-0.1, -0.05) is 0 Å². The van der Waals surface area contributed by atoms with Gasteiger partial charge < -0.3 is 15.3 Å². The molecule has 0 saturated carbocycles. The number of alkyl halides is 3. The third kappa shape index (κ3) is 4.53. The SMILES string of the molecule is O=C(Nc1nn(C(=O)O)c2c1CN(C(=O)c1ccc(C(F)(F)F)cc1)C2)c1ccc([N+](=O)[O-])cc1. The zero-order valence-electron chi connectivity index (χ0n) is 17.4. The second-order valence-electron chi connectivity index (χ2n) is 7.46. The van der Waals surface area contributed by atoms with Crippen molar-refractivity contribution in [1.29, 1.82) is 0 Å². The van der Waals surface area contributed by atoms with E-state index < -0.39 is 34.6 Å². The van der Waals surface area contributed by atoms with Gasteiger partial charge in [0.05, 0.1) is 29.3 Å². The molecule has 3 aromatic rings. The number of fused-ring (bicyclic) bond motifs is 1. The van der Waals surface area contributed by atoms with Crippen molar-refractivity contribution in [3.8, 4) is 0 Å². The Morgan fingerprint density at radius 2 is 1.60 bits per heavy atom. The molecule has 0 aliphatic carbocycles. The van der Waals surface area contributed by atoms with E-state index >= 15 is 0 Å². The summed E-state index contributed by atoms with van der Waals surface area (Å²) in [6.07, 6.45) is -6.03. The molecule has 0 atom stereocenters. The van der Waals surface area contributed by atoms with Crippen LogP contribution in [0.15, 0.2) is 48.5 Å². The molecule has 4 rings (SSSR count). The van der Waals surface area contributed by atoms with Gasteiger partial charge >= 0.3 is 12.3 Å². The largest absolute Gasteiger partial charge is 0.463 e. The highest BCUT2D eigenvalue weighted by molar-refractivity contribution is 6.04. The lowest BCUT2D eigenvalue weighted by Crippen LogP contribution is -2.27. The Morgan fingerprint density at radius 3 is 2.14 bits per heavy atom. The Kier molecular flexibility index (Phi) is 5.72. The quantitative estimate of drug-likeness (QED) is 0.419. The van der Waals surface area contributed by atoms with Crippen LogP contribution in [0.4, 0.5) is 29.5 Å². The molecule has 14 heteroatoms. The molecule has 2 heterocycles. The molecule has 180 valence electrons. The molecule has 0 bridgehead atoms. The maximum Gasteiger partial charge on any atom is 0.432 e. The number of nitro groups is 1. The van der Waals surface area contributed by atoms with Gasteiger partial charge in [0.2, 0.25) is 0 Å². The summed E-state index contributed by atoms with van der Waals surface area (Å²) in [6, 6.07) is 8.25. The second-order valence-corrected chi connectivity index (χ2v) is 7.46. The predicted molar refractivity (Wildman–Crippen MR) is 112 cm³/mol. The van der Waals surface area contributed by atoms with Crippen LogP contribution in [-0.4, -0.2) is 42.6 Å². The molecule has 2 N–H and O–H groups in total. The van der Waals surface area contributed by atoms with Crippen molar-refractivity contribution in [2.45, 2.75) is 19.3 Å². The first-order chi connectivity index (χ1) is 16.5. The number of nitro benzene ring substituents is 1. The van der Waals surface area contributed by atoms with Gasteiger partial charge in [0.25, 0.3) is 17.5 Å². The zero-order valence-corrected chi connectivity index (χ0v) is 17.4. The van der Waals surface area contributed by atoms with E-state index in [1.807, 2.05) is 0 Å². The number of aromatic nitrogens is 2. The number of carbonyl (C=O) groups excluding carboxylic acids is 2. The van der Waals surface area contributed by atoms with Gasteiger partial charge in [-0.25, -0.2) is 4.79 Å². The molecule has 1 aromatic heterocycles. The van der Waals surface area contributed by atoms with Crippen LogP contribution in [0, 0.1) is 10.1 Å². The average Bonchev–Trinajstić information content (AvgIpc) is 3.38. The van der Waals surface area contributed by atoms with E-state index in [9.17, 15) is 42.8 Å². The summed E-state index contributed by atoms with van der Waals surface area (Å²) in [5.74, 6) is -1.49. The first kappa shape index (κ1) is 23.4. The van der Waals surface area contributed by atoms with Crippen molar-refractivity contribution < 1.29 is 37.6 Å². The third-order valence-electron chi connectivity index (χ3n) is 5.28. The number of benzene rings is 2. The molecular formula is C21H14F3N5O6. The van der Waals surface area contributed by atoms with Crippen molar-refractivity contribution in [2.24, 2.45) is 0 Å². The number of hydrogen-bond acceptors (Lipinski definition) is 6. The van der Waals surface area contributed by atoms with Gasteiger partial charge in [-0.15, -0.1) is 5.10 Å². The minimum Gasteiger partial charge on any atom is -0.463 e. The summed E-state index contributed by atoms with van der Waals surface area (Å²) in [7, 11) is 0. The van der Waals surface area contributed by atoms with Crippen molar-refractivity contribution >= 4 is 29.4 Å². The average molecular weight is 489 g/mol. The number of carbonyl (C=O) groups is 3. The minimum absolute atomic E-state index is 0.0329. The zero-order chi connectivity index (χ0) is 25.5. The molecule has 0 saturated heterocycles. The summed E-state index contributed by atoms with van der Waals surface area (Å²) in [6.45, 7) is -0.361. The first-order valence-corrected chi connectivity index (χ1v) is 9.82. The number of halogens is 3. The van der Waals surface area contributed by atoms with Crippen molar-refractivity contribution in [1.82, 2.24) is 14.7 Å². The summed E-state index contributed by atoms with van der Waals surface area (Å²) in [5, 5.41) is 26.5. The summed E-state index contributed by atoms with van der Waals surface area (Å²) >= 11 is 0. The molecule has 35 heavy (non-hydrogen) atoms. The highest BCUT2D eigenvalue weighted by Gasteiger charge is 2.34. The van der Waals surface area contributed by atoms with E-state index in [1.165, 1.54) is 17.0 Å². The molecule has 0 fully saturated rings. The Balaban J connectivity index is 1.56. The van der Waals surface area contributed by atoms with Gasteiger partial charge in [-0.05, 0) is 36.4 Å². The van der Waals surface area contributed by atoms with E-state index in [2.05, 4.69) is 10.4 Å². The van der Waals surface area contributed by atoms with Crippen LogP contribution in [0.1, 0.15) is 37.5 Å². The number of hydrogen-bond donors (Lipinski definition) is 2. The molecule has 2 aromatic carbocycles. The molecule has 2 amide bonds. The fourth-order valence-electron chi connectivity index (χ4n) is 3.54. The van der Waals surface area contributed by atoms with Gasteiger partial charge in [-0.2, -0.15) is 17.9 Å². The van der Waals surface area contributed by atoms with Crippen LogP contribution in [0.25, 0.3) is 0 Å². The van der Waals surface area contributed by atoms with Crippen LogP contribution >= 0.6 is 0 Å². The first-order valence-electron chi connectivity index (χ1n) is 9.82. The smallest absolute Gasteiger partial charge is 0.432 e. The van der Waals surface area contributed by atoms with E-state index in [-0.39, 0.29) is 47.0 Å². The van der Waals surface area contributed by atoms with Crippen molar-refractivity contribution in [3.05, 3.63) is 86.6 Å². The molecule has 1 aliphatic rings. The fourth-order valence-corrected chi connectivity index (χ4v) is 3.54. The van der Waals surface area contributed by atoms with E-state index in [4.69, 9.17) is 0 Å².